The van der Waals surface area contributed by atoms with Crippen molar-refractivity contribution in [1.29, 1.82) is 0 Å². The number of nitrogens with one attached hydrogen (secondary N) is 1. The number of ether oxygens (including phenoxy) is 2. The summed E-state index contributed by atoms with van der Waals surface area (Å²) in [4.78, 5) is 19.4. The average molecular weight is 418 g/mol. The van der Waals surface area contributed by atoms with E-state index in [1.165, 1.54) is 0 Å². The van der Waals surface area contributed by atoms with Crippen molar-refractivity contribution in [2.45, 2.75) is 6.42 Å². The van der Waals surface area contributed by atoms with E-state index in [9.17, 15) is 4.79 Å². The Morgan fingerprint density at radius 2 is 1.87 bits per heavy atom. The molecular formula is C25H27N3O3. The summed E-state index contributed by atoms with van der Waals surface area (Å²) < 4.78 is 10.6. The van der Waals surface area contributed by atoms with E-state index < -0.39 is 0 Å². The number of hydrogen-bond donors (Lipinski definition) is 1. The topological polar surface area (TPSA) is 63.7 Å². The van der Waals surface area contributed by atoms with E-state index in [0.717, 1.165) is 61.0 Å². The summed E-state index contributed by atoms with van der Waals surface area (Å²) in [7, 11) is 1.65. The first-order chi connectivity index (χ1) is 15.2. The number of pyridine rings is 1. The van der Waals surface area contributed by atoms with Crippen molar-refractivity contribution in [3.05, 3.63) is 78.0 Å². The molecule has 0 saturated carbocycles. The van der Waals surface area contributed by atoms with Crippen molar-refractivity contribution in [2.24, 2.45) is 0 Å². The average Bonchev–Trinajstić information content (AvgIpc) is 2.85. The van der Waals surface area contributed by atoms with E-state index in [1.807, 2.05) is 60.8 Å². The molecule has 3 aromatic rings. The molecule has 1 aliphatic rings. The van der Waals surface area contributed by atoms with Crippen LogP contribution < -0.4 is 15.0 Å². The molecule has 0 bridgehead atoms. The van der Waals surface area contributed by atoms with E-state index >= 15 is 0 Å². The predicted molar refractivity (Wildman–Crippen MR) is 122 cm³/mol. The maximum atomic E-state index is 12.6. The van der Waals surface area contributed by atoms with Crippen LogP contribution in [0, 0.1) is 0 Å². The van der Waals surface area contributed by atoms with Crippen molar-refractivity contribution in [1.82, 2.24) is 10.3 Å². The molecule has 0 aliphatic carbocycles. The lowest BCUT2D eigenvalue weighted by molar-refractivity contribution is 0.0954. The molecule has 1 N–H and O–H groups in total. The molecule has 0 unspecified atom stereocenters. The van der Waals surface area contributed by atoms with Crippen molar-refractivity contribution >= 4 is 11.7 Å². The van der Waals surface area contributed by atoms with Gasteiger partial charge in [-0.05, 0) is 53.9 Å². The van der Waals surface area contributed by atoms with E-state index in [-0.39, 0.29) is 5.91 Å². The fourth-order valence-electron chi connectivity index (χ4n) is 3.59. The standard InChI is InChI=1S/C25H27N3O3/c1-30-23-8-5-19(6-9-23)11-12-26-25(29)21-4-2-3-20(17-21)22-7-10-24(27-18-22)28-13-15-31-16-14-28/h2-10,17-18H,11-16H2,1H3,(H,26,29). The van der Waals surface area contributed by atoms with E-state index in [4.69, 9.17) is 9.47 Å². The fourth-order valence-corrected chi connectivity index (χ4v) is 3.59. The third-order valence-corrected chi connectivity index (χ3v) is 5.40. The Morgan fingerprint density at radius 3 is 2.58 bits per heavy atom. The minimum Gasteiger partial charge on any atom is -0.497 e. The molecule has 0 radical (unpaired) electrons. The number of rotatable bonds is 7. The van der Waals surface area contributed by atoms with Gasteiger partial charge in [0.05, 0.1) is 20.3 Å². The van der Waals surface area contributed by atoms with Gasteiger partial charge in [-0.2, -0.15) is 0 Å². The summed E-state index contributed by atoms with van der Waals surface area (Å²) >= 11 is 0. The summed E-state index contributed by atoms with van der Waals surface area (Å²) in [5, 5.41) is 3.00. The molecule has 4 rings (SSSR count). The quantitative estimate of drug-likeness (QED) is 0.637. The van der Waals surface area contributed by atoms with Gasteiger partial charge in [-0.15, -0.1) is 0 Å². The molecule has 1 aromatic heterocycles. The van der Waals surface area contributed by atoms with Crippen LogP contribution in [0.2, 0.25) is 0 Å². The summed E-state index contributed by atoms with van der Waals surface area (Å²) in [5.74, 6) is 1.71. The number of carbonyl (C=O) groups is 1. The Hall–Kier alpha value is -3.38. The van der Waals surface area contributed by atoms with E-state index in [1.54, 1.807) is 7.11 Å². The molecule has 2 heterocycles. The van der Waals surface area contributed by atoms with Crippen LogP contribution in [0.15, 0.2) is 66.9 Å². The Balaban J connectivity index is 1.36. The smallest absolute Gasteiger partial charge is 0.251 e. The van der Waals surface area contributed by atoms with Gasteiger partial charge in [0.25, 0.3) is 5.91 Å². The van der Waals surface area contributed by atoms with Gasteiger partial charge in [0, 0.05) is 37.0 Å². The van der Waals surface area contributed by atoms with Crippen LogP contribution in [0.4, 0.5) is 5.82 Å². The first-order valence-corrected chi connectivity index (χ1v) is 10.5. The molecule has 0 spiro atoms. The van der Waals surface area contributed by atoms with Crippen LogP contribution in [0.25, 0.3) is 11.1 Å². The molecule has 6 nitrogen and oxygen atoms in total. The van der Waals surface area contributed by atoms with Crippen molar-refractivity contribution < 1.29 is 14.3 Å². The second-order valence-corrected chi connectivity index (χ2v) is 7.44. The van der Waals surface area contributed by atoms with Crippen LogP contribution in [0.1, 0.15) is 15.9 Å². The number of hydrogen-bond acceptors (Lipinski definition) is 5. The first kappa shape index (κ1) is 20.9. The Bertz CT molecular complexity index is 997. The van der Waals surface area contributed by atoms with Gasteiger partial charge < -0.3 is 19.7 Å². The normalized spacial score (nSPS) is 13.6. The third-order valence-electron chi connectivity index (χ3n) is 5.40. The second-order valence-electron chi connectivity index (χ2n) is 7.44. The Kier molecular flexibility index (Phi) is 6.79. The van der Waals surface area contributed by atoms with Gasteiger partial charge in [-0.1, -0.05) is 24.3 Å². The monoisotopic (exact) mass is 417 g/mol. The maximum Gasteiger partial charge on any atom is 0.251 e. The lowest BCUT2D eigenvalue weighted by Gasteiger charge is -2.27. The molecule has 31 heavy (non-hydrogen) atoms. The lowest BCUT2D eigenvalue weighted by atomic mass is 10.0. The molecule has 1 aliphatic heterocycles. The number of methoxy groups -OCH3 is 1. The minimum absolute atomic E-state index is 0.0757. The van der Waals surface area contributed by atoms with Crippen LogP contribution in [-0.4, -0.2) is 50.8 Å². The van der Waals surface area contributed by atoms with Gasteiger partial charge in [0.1, 0.15) is 11.6 Å². The van der Waals surface area contributed by atoms with Crippen molar-refractivity contribution in [3.8, 4) is 16.9 Å². The molecule has 1 amide bonds. The summed E-state index contributed by atoms with van der Waals surface area (Å²) in [6, 6.07) is 19.6. The van der Waals surface area contributed by atoms with Crippen LogP contribution >= 0.6 is 0 Å². The predicted octanol–water partition coefficient (Wildman–Crippen LogP) is 3.57. The fraction of sp³-hybridized carbons (Fsp3) is 0.280. The lowest BCUT2D eigenvalue weighted by Crippen LogP contribution is -2.36. The summed E-state index contributed by atoms with van der Waals surface area (Å²) in [6.07, 6.45) is 2.63. The number of benzene rings is 2. The highest BCUT2D eigenvalue weighted by atomic mass is 16.5. The molecule has 6 heteroatoms. The van der Waals surface area contributed by atoms with Crippen LogP contribution in [0.5, 0.6) is 5.75 Å². The van der Waals surface area contributed by atoms with Gasteiger partial charge in [0.15, 0.2) is 0 Å². The van der Waals surface area contributed by atoms with Gasteiger partial charge >= 0.3 is 0 Å². The van der Waals surface area contributed by atoms with E-state index in [0.29, 0.717) is 12.1 Å². The first-order valence-electron chi connectivity index (χ1n) is 10.5. The highest BCUT2D eigenvalue weighted by Gasteiger charge is 2.13. The number of morpholine rings is 1. The van der Waals surface area contributed by atoms with Gasteiger partial charge in [0.2, 0.25) is 0 Å². The highest BCUT2D eigenvalue weighted by molar-refractivity contribution is 5.95. The maximum absolute atomic E-state index is 12.6. The van der Waals surface area contributed by atoms with Gasteiger partial charge in [-0.3, -0.25) is 4.79 Å². The number of amides is 1. The number of aromatic nitrogens is 1. The molecule has 2 aromatic carbocycles. The molecule has 1 fully saturated rings. The molecule has 1 saturated heterocycles. The molecular weight excluding hydrogens is 390 g/mol. The Morgan fingerprint density at radius 1 is 1.06 bits per heavy atom. The SMILES string of the molecule is COc1ccc(CCNC(=O)c2cccc(-c3ccc(N4CCOCC4)nc3)c2)cc1. The third kappa shape index (κ3) is 5.41. The zero-order valence-corrected chi connectivity index (χ0v) is 17.7. The number of anilines is 1. The van der Waals surface area contributed by atoms with Crippen molar-refractivity contribution in [2.75, 3.05) is 44.9 Å². The zero-order valence-electron chi connectivity index (χ0n) is 17.7. The largest absolute Gasteiger partial charge is 0.497 e. The Labute approximate surface area is 182 Å². The number of nitrogens with zero attached hydrogens (tertiary/aromatic N) is 2. The minimum atomic E-state index is -0.0757. The van der Waals surface area contributed by atoms with Gasteiger partial charge in [-0.25, -0.2) is 4.98 Å². The number of carbonyl (C=O) groups excluding carboxylic acids is 1. The second kappa shape index (κ2) is 10.1. The molecule has 0 atom stereocenters. The summed E-state index contributed by atoms with van der Waals surface area (Å²) in [5.41, 5.74) is 3.76. The zero-order chi connectivity index (χ0) is 21.5. The van der Waals surface area contributed by atoms with Crippen LogP contribution in [0.3, 0.4) is 0 Å². The highest BCUT2D eigenvalue weighted by Crippen LogP contribution is 2.22. The van der Waals surface area contributed by atoms with Crippen molar-refractivity contribution in [3.63, 3.8) is 0 Å². The summed E-state index contributed by atoms with van der Waals surface area (Å²) in [6.45, 7) is 3.76. The molecule has 160 valence electrons. The van der Waals surface area contributed by atoms with E-state index in [2.05, 4.69) is 21.3 Å². The van der Waals surface area contributed by atoms with Crippen LogP contribution in [-0.2, 0) is 11.2 Å².